The molecule has 1 aliphatic rings. The quantitative estimate of drug-likeness (QED) is 0.604. The van der Waals surface area contributed by atoms with Crippen molar-refractivity contribution in [2.45, 2.75) is 64.8 Å². The van der Waals surface area contributed by atoms with E-state index >= 15 is 0 Å². The van der Waals surface area contributed by atoms with Crippen molar-refractivity contribution in [3.05, 3.63) is 23.9 Å². The summed E-state index contributed by atoms with van der Waals surface area (Å²) in [7, 11) is 0. The van der Waals surface area contributed by atoms with Gasteiger partial charge >= 0.3 is 12.3 Å². The molecule has 32 heavy (non-hydrogen) atoms. The van der Waals surface area contributed by atoms with Gasteiger partial charge in [-0.15, -0.1) is 0 Å². The molecule has 2 rings (SSSR count). The molecular weight excluding hydrogens is 429 g/mol. The van der Waals surface area contributed by atoms with Gasteiger partial charge in [0.1, 0.15) is 11.4 Å². The summed E-state index contributed by atoms with van der Waals surface area (Å²) in [5.41, 5.74) is 1.01. The van der Waals surface area contributed by atoms with Gasteiger partial charge in [-0.05, 0) is 58.6 Å². The molecule has 8 nitrogen and oxygen atoms in total. The SMILES string of the molecule is C[C@@H](CONC(=O)CC1CCN(c2ccc(C(F)(F)F)cn2)CC1)NC(=O)OC(C)(C)C. The summed E-state index contributed by atoms with van der Waals surface area (Å²) in [6.07, 6.45) is -2.42. The second-order valence-corrected chi connectivity index (χ2v) is 8.92. The zero-order chi connectivity index (χ0) is 23.9. The fourth-order valence-corrected chi connectivity index (χ4v) is 3.21. The van der Waals surface area contributed by atoms with E-state index in [0.717, 1.165) is 12.3 Å². The minimum absolute atomic E-state index is 0.0863. The summed E-state index contributed by atoms with van der Waals surface area (Å²) in [4.78, 5) is 34.8. The number of hydrogen-bond donors (Lipinski definition) is 2. The van der Waals surface area contributed by atoms with Crippen LogP contribution in [0.1, 0.15) is 52.5 Å². The van der Waals surface area contributed by atoms with Crippen LogP contribution in [0.5, 0.6) is 0 Å². The molecule has 180 valence electrons. The van der Waals surface area contributed by atoms with Gasteiger partial charge < -0.3 is 15.0 Å². The largest absolute Gasteiger partial charge is 0.444 e. The highest BCUT2D eigenvalue weighted by Gasteiger charge is 2.31. The topological polar surface area (TPSA) is 92.8 Å². The van der Waals surface area contributed by atoms with E-state index in [4.69, 9.17) is 9.57 Å². The first-order valence-electron chi connectivity index (χ1n) is 10.5. The Balaban J connectivity index is 1.66. The van der Waals surface area contributed by atoms with Crippen LogP contribution in [0.4, 0.5) is 23.8 Å². The molecule has 1 aromatic heterocycles. The van der Waals surface area contributed by atoms with E-state index in [1.54, 1.807) is 27.7 Å². The summed E-state index contributed by atoms with van der Waals surface area (Å²) < 4.78 is 43.1. The third-order valence-electron chi connectivity index (χ3n) is 4.77. The molecule has 1 aliphatic heterocycles. The highest BCUT2D eigenvalue weighted by Crippen LogP contribution is 2.30. The minimum Gasteiger partial charge on any atom is -0.444 e. The first kappa shape index (κ1) is 25.7. The van der Waals surface area contributed by atoms with Crippen molar-refractivity contribution >= 4 is 17.8 Å². The fraction of sp³-hybridized carbons (Fsp3) is 0.667. The van der Waals surface area contributed by atoms with E-state index in [-0.39, 0.29) is 30.9 Å². The number of aromatic nitrogens is 1. The van der Waals surface area contributed by atoms with Crippen molar-refractivity contribution in [2.75, 3.05) is 24.6 Å². The Labute approximate surface area is 185 Å². The van der Waals surface area contributed by atoms with Crippen LogP contribution in [-0.4, -0.2) is 48.3 Å². The molecule has 0 spiro atoms. The van der Waals surface area contributed by atoms with Gasteiger partial charge in [0.2, 0.25) is 5.91 Å². The van der Waals surface area contributed by atoms with Crippen LogP contribution < -0.4 is 15.7 Å². The predicted octanol–water partition coefficient (Wildman–Crippen LogP) is 3.67. The average Bonchev–Trinajstić information content (AvgIpc) is 2.66. The number of piperidine rings is 1. The number of carbonyl (C=O) groups excluding carboxylic acids is 2. The zero-order valence-corrected chi connectivity index (χ0v) is 18.8. The number of amides is 2. The molecule has 1 fully saturated rings. The molecule has 2 amide bonds. The zero-order valence-electron chi connectivity index (χ0n) is 18.8. The summed E-state index contributed by atoms with van der Waals surface area (Å²) in [5.74, 6) is 0.373. The number of anilines is 1. The molecule has 1 atom stereocenters. The van der Waals surface area contributed by atoms with Gasteiger partial charge in [-0.1, -0.05) is 0 Å². The molecule has 1 aromatic rings. The molecule has 0 saturated carbocycles. The van der Waals surface area contributed by atoms with E-state index in [2.05, 4.69) is 15.8 Å². The maximum atomic E-state index is 12.7. The lowest BCUT2D eigenvalue weighted by atomic mass is 9.93. The van der Waals surface area contributed by atoms with Crippen LogP contribution >= 0.6 is 0 Å². The number of pyridine rings is 1. The average molecular weight is 460 g/mol. The molecule has 0 radical (unpaired) electrons. The van der Waals surface area contributed by atoms with Crippen molar-refractivity contribution in [1.82, 2.24) is 15.8 Å². The normalized spacial score (nSPS) is 16.4. The molecule has 2 N–H and O–H groups in total. The number of hydrogen-bond acceptors (Lipinski definition) is 6. The Morgan fingerprint density at radius 3 is 2.41 bits per heavy atom. The first-order valence-corrected chi connectivity index (χ1v) is 10.5. The Bertz CT molecular complexity index is 758. The maximum Gasteiger partial charge on any atom is 0.417 e. The van der Waals surface area contributed by atoms with Crippen LogP contribution in [0, 0.1) is 5.92 Å². The molecule has 0 bridgehead atoms. The Hall–Kier alpha value is -2.56. The number of alkyl halides is 3. The summed E-state index contributed by atoms with van der Waals surface area (Å²) in [5, 5.41) is 2.61. The summed E-state index contributed by atoms with van der Waals surface area (Å²) >= 11 is 0. The number of carbonyl (C=O) groups is 2. The van der Waals surface area contributed by atoms with E-state index in [0.29, 0.717) is 31.7 Å². The Kier molecular flexibility index (Phi) is 8.71. The fourth-order valence-electron chi connectivity index (χ4n) is 3.21. The van der Waals surface area contributed by atoms with Gasteiger partial charge in [0, 0.05) is 25.7 Å². The highest BCUT2D eigenvalue weighted by molar-refractivity contribution is 5.75. The number of nitrogens with one attached hydrogen (secondary N) is 2. The monoisotopic (exact) mass is 460 g/mol. The minimum atomic E-state index is -4.41. The maximum absolute atomic E-state index is 12.7. The smallest absolute Gasteiger partial charge is 0.417 e. The van der Waals surface area contributed by atoms with Crippen LogP contribution in [0.15, 0.2) is 18.3 Å². The van der Waals surface area contributed by atoms with Crippen molar-refractivity contribution in [1.29, 1.82) is 0 Å². The third-order valence-corrected chi connectivity index (χ3v) is 4.77. The molecule has 2 heterocycles. The van der Waals surface area contributed by atoms with E-state index in [1.807, 2.05) is 4.90 Å². The van der Waals surface area contributed by atoms with Crippen molar-refractivity contribution in [3.63, 3.8) is 0 Å². The predicted molar refractivity (Wildman–Crippen MR) is 112 cm³/mol. The van der Waals surface area contributed by atoms with Gasteiger partial charge in [-0.3, -0.25) is 9.63 Å². The number of nitrogens with zero attached hydrogens (tertiary/aromatic N) is 2. The van der Waals surface area contributed by atoms with Gasteiger partial charge in [0.05, 0.1) is 18.2 Å². The van der Waals surface area contributed by atoms with E-state index < -0.39 is 23.4 Å². The van der Waals surface area contributed by atoms with Crippen LogP contribution in [0.3, 0.4) is 0 Å². The van der Waals surface area contributed by atoms with Gasteiger partial charge in [0.15, 0.2) is 0 Å². The van der Waals surface area contributed by atoms with Crippen LogP contribution in [0.25, 0.3) is 0 Å². The Morgan fingerprint density at radius 1 is 1.22 bits per heavy atom. The van der Waals surface area contributed by atoms with Crippen molar-refractivity contribution in [2.24, 2.45) is 5.92 Å². The number of rotatable bonds is 7. The summed E-state index contributed by atoms with van der Waals surface area (Å²) in [6.45, 7) is 8.31. The molecular formula is C21H31F3N4O4. The van der Waals surface area contributed by atoms with Crippen LogP contribution in [0.2, 0.25) is 0 Å². The number of halogens is 3. The lowest BCUT2D eigenvalue weighted by Crippen LogP contribution is -2.41. The molecule has 0 aromatic carbocycles. The second-order valence-electron chi connectivity index (χ2n) is 8.92. The van der Waals surface area contributed by atoms with E-state index in [1.165, 1.54) is 6.07 Å². The molecule has 1 saturated heterocycles. The lowest BCUT2D eigenvalue weighted by molar-refractivity contribution is -0.138. The number of ether oxygens (including phenoxy) is 1. The van der Waals surface area contributed by atoms with Crippen molar-refractivity contribution < 1.29 is 32.3 Å². The molecule has 0 unspecified atom stereocenters. The third kappa shape index (κ3) is 8.89. The second kappa shape index (κ2) is 10.8. The Morgan fingerprint density at radius 2 is 1.88 bits per heavy atom. The number of hydroxylamine groups is 1. The van der Waals surface area contributed by atoms with E-state index in [9.17, 15) is 22.8 Å². The van der Waals surface area contributed by atoms with Gasteiger partial charge in [-0.25, -0.2) is 15.3 Å². The van der Waals surface area contributed by atoms with Gasteiger partial charge in [-0.2, -0.15) is 13.2 Å². The molecule has 0 aliphatic carbocycles. The van der Waals surface area contributed by atoms with Crippen molar-refractivity contribution in [3.8, 4) is 0 Å². The van der Waals surface area contributed by atoms with Crippen LogP contribution in [-0.2, 0) is 20.5 Å². The number of alkyl carbamates (subject to hydrolysis) is 1. The van der Waals surface area contributed by atoms with Gasteiger partial charge in [0.25, 0.3) is 0 Å². The summed E-state index contributed by atoms with van der Waals surface area (Å²) in [6, 6.07) is 2.04. The molecule has 11 heteroatoms. The first-order chi connectivity index (χ1) is 14.8. The standard InChI is InChI=1S/C21H31F3N4O4/c1-14(26-19(30)32-20(2,3)4)13-31-27-18(29)11-15-7-9-28(10-8-15)17-6-5-16(12-25-17)21(22,23)24/h5-6,12,14-15H,7-11,13H2,1-4H3,(H,26,30)(H,27,29)/t14-/m0/s1. The highest BCUT2D eigenvalue weighted by atomic mass is 19.4. The lowest BCUT2D eigenvalue weighted by Gasteiger charge is -2.32.